The fraction of sp³-hybridized carbons (Fsp3) is 0.300. The smallest absolute Gasteiger partial charge is 0.262 e. The number of carbonyl (C=O) groups excluding carboxylic acids is 3. The van der Waals surface area contributed by atoms with Crippen LogP contribution in [-0.2, 0) is 11.2 Å². The van der Waals surface area contributed by atoms with E-state index >= 15 is 0 Å². The molecule has 6 nitrogen and oxygen atoms in total. The molecule has 3 heterocycles. The summed E-state index contributed by atoms with van der Waals surface area (Å²) in [6.45, 7) is 1.35. The predicted molar refractivity (Wildman–Crippen MR) is 94.5 cm³/mol. The van der Waals surface area contributed by atoms with Gasteiger partial charge in [0, 0.05) is 31.9 Å². The van der Waals surface area contributed by atoms with E-state index in [1.807, 2.05) is 12.1 Å². The molecule has 0 N–H and O–H groups in total. The molecule has 0 bridgehead atoms. The molecule has 2 aromatic rings. The summed E-state index contributed by atoms with van der Waals surface area (Å²) in [5.41, 5.74) is 1.60. The molecule has 0 radical (unpaired) electrons. The first kappa shape index (κ1) is 16.4. The molecule has 0 spiro atoms. The van der Waals surface area contributed by atoms with E-state index in [1.54, 1.807) is 41.6 Å². The van der Waals surface area contributed by atoms with E-state index in [0.29, 0.717) is 30.6 Å². The molecule has 1 fully saturated rings. The fourth-order valence-corrected chi connectivity index (χ4v) is 3.67. The van der Waals surface area contributed by atoms with Crippen LogP contribution in [0.1, 0.15) is 39.1 Å². The summed E-state index contributed by atoms with van der Waals surface area (Å²) < 4.78 is 0. The third-order valence-corrected chi connectivity index (χ3v) is 5.02. The first-order chi connectivity index (χ1) is 12.7. The van der Waals surface area contributed by atoms with Crippen LogP contribution in [-0.4, -0.2) is 51.6 Å². The lowest BCUT2D eigenvalue weighted by Crippen LogP contribution is -2.51. The molecule has 3 amide bonds. The summed E-state index contributed by atoms with van der Waals surface area (Å²) in [4.78, 5) is 45.8. The minimum absolute atomic E-state index is 0.159. The molecule has 2 aliphatic heterocycles. The van der Waals surface area contributed by atoms with Crippen molar-refractivity contribution in [1.82, 2.24) is 14.8 Å². The summed E-state index contributed by atoms with van der Waals surface area (Å²) in [6, 6.07) is 9.52. The van der Waals surface area contributed by atoms with E-state index < -0.39 is 17.9 Å². The van der Waals surface area contributed by atoms with Gasteiger partial charge in [-0.15, -0.1) is 0 Å². The number of rotatable bonds is 4. The van der Waals surface area contributed by atoms with Crippen molar-refractivity contribution in [3.8, 4) is 0 Å². The van der Waals surface area contributed by atoms with Crippen molar-refractivity contribution < 1.29 is 14.4 Å². The van der Waals surface area contributed by atoms with Crippen LogP contribution in [0.3, 0.4) is 0 Å². The van der Waals surface area contributed by atoms with Crippen LogP contribution in [0.4, 0.5) is 0 Å². The van der Waals surface area contributed by atoms with E-state index in [1.165, 1.54) is 0 Å². The summed E-state index contributed by atoms with van der Waals surface area (Å²) in [6.07, 6.45) is 5.50. The SMILES string of the molecule is O=C([C@@H](Cc1ccncc1)N1C(=O)c2ccccc2C1=O)N1CCCC1. The topological polar surface area (TPSA) is 70.6 Å². The number of imide groups is 1. The predicted octanol–water partition coefficient (Wildman–Crippen LogP) is 1.91. The van der Waals surface area contributed by atoms with E-state index in [4.69, 9.17) is 0 Å². The number of nitrogens with zero attached hydrogens (tertiary/aromatic N) is 3. The lowest BCUT2D eigenvalue weighted by Gasteiger charge is -2.29. The van der Waals surface area contributed by atoms with Gasteiger partial charge in [-0.1, -0.05) is 12.1 Å². The van der Waals surface area contributed by atoms with Crippen molar-refractivity contribution in [2.45, 2.75) is 25.3 Å². The molecule has 1 aromatic carbocycles. The Morgan fingerprint density at radius 2 is 1.54 bits per heavy atom. The minimum Gasteiger partial charge on any atom is -0.341 e. The Kier molecular flexibility index (Phi) is 4.24. The van der Waals surface area contributed by atoms with Crippen LogP contribution >= 0.6 is 0 Å². The molecule has 2 aliphatic rings. The number of hydrogen-bond acceptors (Lipinski definition) is 4. The van der Waals surface area contributed by atoms with Gasteiger partial charge in [0.2, 0.25) is 5.91 Å². The summed E-state index contributed by atoms with van der Waals surface area (Å²) in [5, 5.41) is 0. The second kappa shape index (κ2) is 6.71. The Bertz CT molecular complexity index is 825. The minimum atomic E-state index is -0.831. The third kappa shape index (κ3) is 2.77. The molecule has 1 atom stereocenters. The van der Waals surface area contributed by atoms with Crippen molar-refractivity contribution in [2.24, 2.45) is 0 Å². The second-order valence-corrected chi connectivity index (χ2v) is 6.63. The highest BCUT2D eigenvalue weighted by molar-refractivity contribution is 6.22. The highest BCUT2D eigenvalue weighted by atomic mass is 16.2. The summed E-state index contributed by atoms with van der Waals surface area (Å²) >= 11 is 0. The molecule has 132 valence electrons. The molecule has 1 saturated heterocycles. The van der Waals surface area contributed by atoms with Gasteiger partial charge < -0.3 is 4.90 Å². The highest BCUT2D eigenvalue weighted by Crippen LogP contribution is 2.27. The first-order valence-electron chi connectivity index (χ1n) is 8.81. The average Bonchev–Trinajstić information content (AvgIpc) is 3.29. The Morgan fingerprint density at radius 3 is 2.12 bits per heavy atom. The molecule has 4 rings (SSSR count). The van der Waals surface area contributed by atoms with Gasteiger partial charge in [-0.05, 0) is 42.7 Å². The zero-order valence-corrected chi connectivity index (χ0v) is 14.3. The molecule has 0 aliphatic carbocycles. The van der Waals surface area contributed by atoms with Gasteiger partial charge in [0.1, 0.15) is 6.04 Å². The Labute approximate surface area is 151 Å². The first-order valence-corrected chi connectivity index (χ1v) is 8.81. The Morgan fingerprint density at radius 1 is 0.962 bits per heavy atom. The Hall–Kier alpha value is -3.02. The highest BCUT2D eigenvalue weighted by Gasteiger charge is 2.44. The number of pyridine rings is 1. The van der Waals surface area contributed by atoms with Gasteiger partial charge in [-0.2, -0.15) is 0 Å². The quantitative estimate of drug-likeness (QED) is 0.791. The van der Waals surface area contributed by atoms with Crippen LogP contribution in [0.5, 0.6) is 0 Å². The molecular weight excluding hydrogens is 330 g/mol. The van der Waals surface area contributed by atoms with Gasteiger partial charge in [-0.25, -0.2) is 0 Å². The van der Waals surface area contributed by atoms with E-state index in [2.05, 4.69) is 4.98 Å². The summed E-state index contributed by atoms with van der Waals surface area (Å²) in [7, 11) is 0. The normalized spacial score (nSPS) is 17.5. The maximum absolute atomic E-state index is 13.1. The number of fused-ring (bicyclic) bond motifs is 1. The van der Waals surface area contributed by atoms with Crippen molar-refractivity contribution in [1.29, 1.82) is 0 Å². The van der Waals surface area contributed by atoms with Crippen molar-refractivity contribution >= 4 is 17.7 Å². The number of likely N-dealkylation sites (tertiary alicyclic amines) is 1. The number of aromatic nitrogens is 1. The van der Waals surface area contributed by atoms with Crippen LogP contribution in [0, 0.1) is 0 Å². The average molecular weight is 349 g/mol. The van der Waals surface area contributed by atoms with Crippen LogP contribution in [0.2, 0.25) is 0 Å². The van der Waals surface area contributed by atoms with Crippen LogP contribution in [0.25, 0.3) is 0 Å². The van der Waals surface area contributed by atoms with E-state index in [-0.39, 0.29) is 5.91 Å². The van der Waals surface area contributed by atoms with Crippen LogP contribution in [0.15, 0.2) is 48.8 Å². The molecule has 1 aromatic heterocycles. The number of hydrogen-bond donors (Lipinski definition) is 0. The second-order valence-electron chi connectivity index (χ2n) is 6.63. The third-order valence-electron chi connectivity index (χ3n) is 5.02. The molecule has 6 heteroatoms. The number of benzene rings is 1. The van der Waals surface area contributed by atoms with Gasteiger partial charge in [0.25, 0.3) is 11.8 Å². The maximum atomic E-state index is 13.1. The van der Waals surface area contributed by atoms with Crippen molar-refractivity contribution in [2.75, 3.05) is 13.1 Å². The zero-order valence-electron chi connectivity index (χ0n) is 14.3. The largest absolute Gasteiger partial charge is 0.341 e. The Balaban J connectivity index is 1.70. The molecule has 0 unspecified atom stereocenters. The van der Waals surface area contributed by atoms with E-state index in [9.17, 15) is 14.4 Å². The van der Waals surface area contributed by atoms with Gasteiger partial charge in [0.15, 0.2) is 0 Å². The van der Waals surface area contributed by atoms with Gasteiger partial charge in [0.05, 0.1) is 11.1 Å². The molecule has 0 saturated carbocycles. The van der Waals surface area contributed by atoms with Gasteiger partial charge >= 0.3 is 0 Å². The lowest BCUT2D eigenvalue weighted by molar-refractivity contribution is -0.134. The number of amides is 3. The maximum Gasteiger partial charge on any atom is 0.262 e. The fourth-order valence-electron chi connectivity index (χ4n) is 3.67. The standard InChI is InChI=1S/C20H19N3O3/c24-18-15-5-1-2-6-16(15)19(25)23(18)17(13-14-7-9-21-10-8-14)20(26)22-11-3-4-12-22/h1-2,5-10,17H,3-4,11-13H2/t17-/m1/s1. The number of carbonyl (C=O) groups is 3. The summed E-state index contributed by atoms with van der Waals surface area (Å²) in [5.74, 6) is -0.941. The van der Waals surface area contributed by atoms with Crippen molar-refractivity contribution in [3.63, 3.8) is 0 Å². The zero-order chi connectivity index (χ0) is 18.1. The molecule has 26 heavy (non-hydrogen) atoms. The van der Waals surface area contributed by atoms with E-state index in [0.717, 1.165) is 23.3 Å². The van der Waals surface area contributed by atoms with Crippen LogP contribution < -0.4 is 0 Å². The monoisotopic (exact) mass is 349 g/mol. The molecular formula is C20H19N3O3. The van der Waals surface area contributed by atoms with Crippen molar-refractivity contribution in [3.05, 3.63) is 65.5 Å². The van der Waals surface area contributed by atoms with Gasteiger partial charge in [-0.3, -0.25) is 24.3 Å². The lowest BCUT2D eigenvalue weighted by atomic mass is 10.0.